The monoisotopic (exact) mass is 280 g/mol. The number of amides is 2. The normalized spacial score (nSPS) is 11.2. The molecule has 0 radical (unpaired) electrons. The van der Waals surface area contributed by atoms with Crippen molar-refractivity contribution >= 4 is 18.0 Å². The number of Topliss-reactive ketones (excluding diaryl/α,β-unsaturated/α-hetero) is 1. The van der Waals surface area contributed by atoms with Gasteiger partial charge in [0, 0.05) is 5.56 Å². The van der Waals surface area contributed by atoms with Crippen LogP contribution in [-0.4, -0.2) is 43.2 Å². The average Bonchev–Trinajstić information content (AvgIpc) is 2.50. The predicted molar refractivity (Wildman–Crippen MR) is 70.0 cm³/mol. The fourth-order valence-electron chi connectivity index (χ4n) is 1.50. The van der Waals surface area contributed by atoms with Gasteiger partial charge in [-0.3, -0.25) is 4.79 Å². The van der Waals surface area contributed by atoms with Crippen molar-refractivity contribution in [2.24, 2.45) is 0 Å². The Morgan fingerprint density at radius 3 is 2.20 bits per heavy atom. The maximum Gasteiger partial charge on any atom is 0.429 e. The van der Waals surface area contributed by atoms with E-state index in [0.29, 0.717) is 5.56 Å². The predicted octanol–water partition coefficient (Wildman–Crippen LogP) is 1.60. The van der Waals surface area contributed by atoms with E-state index in [9.17, 15) is 14.4 Å². The van der Waals surface area contributed by atoms with Crippen LogP contribution < -0.4 is 5.43 Å². The summed E-state index contributed by atoms with van der Waals surface area (Å²) in [6, 6.07) is 7.47. The molecule has 1 atom stereocenters. The lowest BCUT2D eigenvalue weighted by Gasteiger charge is -2.26. The zero-order valence-corrected chi connectivity index (χ0v) is 11.5. The highest BCUT2D eigenvalue weighted by atomic mass is 16.6. The molecule has 0 aliphatic heterocycles. The van der Waals surface area contributed by atoms with Crippen LogP contribution in [0.2, 0.25) is 0 Å². The molecule has 1 aromatic rings. The number of hydrazine groups is 1. The van der Waals surface area contributed by atoms with Gasteiger partial charge in [0.25, 0.3) is 0 Å². The molecule has 0 aliphatic carbocycles. The number of carbonyl (C=O) groups is 3. The van der Waals surface area contributed by atoms with Gasteiger partial charge in [-0.15, -0.1) is 0 Å². The fraction of sp³-hybridized carbons (Fsp3) is 0.308. The Balaban J connectivity index is 2.92. The highest BCUT2D eigenvalue weighted by Gasteiger charge is 2.29. The molecule has 0 aliphatic rings. The fourth-order valence-corrected chi connectivity index (χ4v) is 1.50. The Morgan fingerprint density at radius 1 is 1.10 bits per heavy atom. The van der Waals surface area contributed by atoms with E-state index in [0.717, 1.165) is 19.2 Å². The molecule has 108 valence electrons. The molecule has 7 nitrogen and oxygen atoms in total. The third kappa shape index (κ3) is 3.71. The van der Waals surface area contributed by atoms with Gasteiger partial charge in [-0.25, -0.2) is 20.0 Å². The molecule has 2 amide bonds. The van der Waals surface area contributed by atoms with E-state index in [1.807, 2.05) is 0 Å². The maximum absolute atomic E-state index is 12.2. The lowest BCUT2D eigenvalue weighted by atomic mass is 10.1. The molecular formula is C13H16N2O5. The first-order valence-corrected chi connectivity index (χ1v) is 5.82. The number of hydrogen-bond acceptors (Lipinski definition) is 5. The Bertz CT molecular complexity index is 489. The van der Waals surface area contributed by atoms with Crippen LogP contribution in [0, 0.1) is 0 Å². The summed E-state index contributed by atoms with van der Waals surface area (Å²) in [6.07, 6.45) is -1.74. The minimum Gasteiger partial charge on any atom is -0.452 e. The van der Waals surface area contributed by atoms with Crippen molar-refractivity contribution in [1.82, 2.24) is 10.4 Å². The van der Waals surface area contributed by atoms with Gasteiger partial charge in [0.15, 0.2) is 5.78 Å². The third-order valence-corrected chi connectivity index (χ3v) is 2.59. The van der Waals surface area contributed by atoms with Gasteiger partial charge in [-0.2, -0.15) is 0 Å². The molecule has 0 saturated carbocycles. The summed E-state index contributed by atoms with van der Waals surface area (Å²) in [5, 5.41) is 0.779. The first kappa shape index (κ1) is 15.5. The molecule has 20 heavy (non-hydrogen) atoms. The zero-order chi connectivity index (χ0) is 15.1. The number of benzene rings is 1. The lowest BCUT2D eigenvalue weighted by molar-refractivity contribution is 0.0600. The second-order valence-electron chi connectivity index (χ2n) is 3.85. The third-order valence-electron chi connectivity index (χ3n) is 2.59. The first-order valence-electron chi connectivity index (χ1n) is 5.82. The van der Waals surface area contributed by atoms with Gasteiger partial charge >= 0.3 is 12.2 Å². The van der Waals surface area contributed by atoms with Crippen molar-refractivity contribution in [2.75, 3.05) is 14.2 Å². The van der Waals surface area contributed by atoms with Crippen LogP contribution in [0.15, 0.2) is 30.3 Å². The lowest BCUT2D eigenvalue weighted by Crippen LogP contribution is -2.53. The minimum absolute atomic E-state index is 0.340. The minimum atomic E-state index is -0.941. The van der Waals surface area contributed by atoms with E-state index in [2.05, 4.69) is 14.9 Å². The molecule has 0 aromatic heterocycles. The van der Waals surface area contributed by atoms with Gasteiger partial charge < -0.3 is 9.47 Å². The van der Waals surface area contributed by atoms with Gasteiger partial charge in [-0.1, -0.05) is 30.3 Å². The van der Waals surface area contributed by atoms with Gasteiger partial charge in [0.2, 0.25) is 0 Å². The standard InChI is InChI=1S/C13H16N2O5/c1-9(11(16)10-7-5-4-6-8-10)15(13(18)20-3)14-12(17)19-2/h4-9H,1-3H3,(H,14,17). The number of ether oxygens (including phenoxy) is 2. The molecule has 0 saturated heterocycles. The van der Waals surface area contributed by atoms with Crippen molar-refractivity contribution in [1.29, 1.82) is 0 Å². The van der Waals surface area contributed by atoms with E-state index in [1.54, 1.807) is 30.3 Å². The van der Waals surface area contributed by atoms with E-state index < -0.39 is 18.2 Å². The van der Waals surface area contributed by atoms with Crippen LogP contribution >= 0.6 is 0 Å². The Kier molecular flexibility index (Phi) is 5.52. The van der Waals surface area contributed by atoms with Gasteiger partial charge in [-0.05, 0) is 6.92 Å². The van der Waals surface area contributed by atoms with E-state index >= 15 is 0 Å². The van der Waals surface area contributed by atoms with Crippen LogP contribution in [0.3, 0.4) is 0 Å². The van der Waals surface area contributed by atoms with Crippen molar-refractivity contribution in [3.05, 3.63) is 35.9 Å². The number of methoxy groups -OCH3 is 2. The molecule has 0 bridgehead atoms. The van der Waals surface area contributed by atoms with Crippen LogP contribution in [0.25, 0.3) is 0 Å². The average molecular weight is 280 g/mol. The summed E-state index contributed by atoms with van der Waals surface area (Å²) in [4.78, 5) is 35.1. The van der Waals surface area contributed by atoms with Crippen LogP contribution in [0.1, 0.15) is 17.3 Å². The van der Waals surface area contributed by atoms with Crippen molar-refractivity contribution < 1.29 is 23.9 Å². The SMILES string of the molecule is COC(=O)NN(C(=O)OC)C(C)C(=O)c1ccccc1. The molecule has 1 rings (SSSR count). The van der Waals surface area contributed by atoms with Crippen LogP contribution in [0.5, 0.6) is 0 Å². The molecule has 1 unspecified atom stereocenters. The number of nitrogens with zero attached hydrogens (tertiary/aromatic N) is 1. The van der Waals surface area contributed by atoms with E-state index in [1.165, 1.54) is 6.92 Å². The van der Waals surface area contributed by atoms with Crippen LogP contribution in [0.4, 0.5) is 9.59 Å². The van der Waals surface area contributed by atoms with Gasteiger partial charge in [0.1, 0.15) is 6.04 Å². The van der Waals surface area contributed by atoms with Crippen molar-refractivity contribution in [3.63, 3.8) is 0 Å². The zero-order valence-electron chi connectivity index (χ0n) is 11.5. The topological polar surface area (TPSA) is 84.9 Å². The quantitative estimate of drug-likeness (QED) is 0.671. The van der Waals surface area contributed by atoms with E-state index in [-0.39, 0.29) is 5.78 Å². The molecule has 0 heterocycles. The molecule has 0 spiro atoms. The number of rotatable bonds is 3. The highest BCUT2D eigenvalue weighted by molar-refractivity contribution is 6.01. The van der Waals surface area contributed by atoms with E-state index in [4.69, 9.17) is 0 Å². The summed E-state index contributed by atoms with van der Waals surface area (Å²) < 4.78 is 8.93. The van der Waals surface area contributed by atoms with Crippen molar-refractivity contribution in [3.8, 4) is 0 Å². The molecule has 7 heteroatoms. The second kappa shape index (κ2) is 7.13. The Morgan fingerprint density at radius 2 is 1.70 bits per heavy atom. The van der Waals surface area contributed by atoms with Crippen LogP contribution in [-0.2, 0) is 9.47 Å². The largest absolute Gasteiger partial charge is 0.452 e. The maximum atomic E-state index is 12.2. The summed E-state index contributed by atoms with van der Waals surface area (Å²) in [5.74, 6) is -0.340. The van der Waals surface area contributed by atoms with Crippen molar-refractivity contribution in [2.45, 2.75) is 13.0 Å². The summed E-state index contributed by atoms with van der Waals surface area (Å²) in [5.41, 5.74) is 2.56. The number of ketones is 1. The Labute approximate surface area is 116 Å². The molecule has 1 N–H and O–H groups in total. The smallest absolute Gasteiger partial charge is 0.429 e. The first-order chi connectivity index (χ1) is 9.51. The summed E-state index contributed by atoms with van der Waals surface area (Å²) >= 11 is 0. The number of carbonyl (C=O) groups excluding carboxylic acids is 3. The molecular weight excluding hydrogens is 264 g/mol. The molecule has 0 fully saturated rings. The Hall–Kier alpha value is -2.57. The summed E-state index contributed by atoms with van der Waals surface area (Å²) in [7, 11) is 2.29. The van der Waals surface area contributed by atoms with Gasteiger partial charge in [0.05, 0.1) is 14.2 Å². The molecule has 1 aromatic carbocycles. The second-order valence-corrected chi connectivity index (χ2v) is 3.85. The highest BCUT2D eigenvalue weighted by Crippen LogP contribution is 2.08. The number of hydrogen-bond donors (Lipinski definition) is 1. The summed E-state index contributed by atoms with van der Waals surface area (Å²) in [6.45, 7) is 1.47. The number of nitrogens with one attached hydrogen (secondary N) is 1.